The molecule has 2 unspecified atom stereocenters. The molecule has 0 amide bonds. The van der Waals surface area contributed by atoms with E-state index < -0.39 is 0 Å². The van der Waals surface area contributed by atoms with Crippen molar-refractivity contribution in [3.05, 3.63) is 0 Å². The molecule has 1 aliphatic heterocycles. The van der Waals surface area contributed by atoms with Crippen LogP contribution in [0.25, 0.3) is 0 Å². The maximum absolute atomic E-state index is 9.06. The number of aliphatic hydroxyl groups excluding tert-OH is 1. The van der Waals surface area contributed by atoms with Gasteiger partial charge in [-0.2, -0.15) is 0 Å². The molecular formula is C12H25NO. The van der Waals surface area contributed by atoms with Crippen molar-refractivity contribution in [1.29, 1.82) is 0 Å². The van der Waals surface area contributed by atoms with Gasteiger partial charge in [0.15, 0.2) is 0 Å². The van der Waals surface area contributed by atoms with Gasteiger partial charge in [0, 0.05) is 12.6 Å². The first-order valence-electron chi connectivity index (χ1n) is 6.10. The van der Waals surface area contributed by atoms with Gasteiger partial charge >= 0.3 is 0 Å². The summed E-state index contributed by atoms with van der Waals surface area (Å²) in [6, 6.07) is 0.643. The molecule has 0 saturated carbocycles. The maximum Gasteiger partial charge on any atom is 0.0434 e. The van der Waals surface area contributed by atoms with Crippen LogP contribution in [0, 0.1) is 11.8 Å². The van der Waals surface area contributed by atoms with E-state index in [1.165, 1.54) is 32.2 Å². The second-order valence-electron chi connectivity index (χ2n) is 4.83. The standard InChI is InChI=1S/C12H25NO/c1-10(2)11(7-9-14)12-6-4-3-5-8-13-12/h10-14H,3-9H2,1-2H3. The molecule has 14 heavy (non-hydrogen) atoms. The summed E-state index contributed by atoms with van der Waals surface area (Å²) in [5, 5.41) is 12.7. The van der Waals surface area contributed by atoms with Gasteiger partial charge in [0.25, 0.3) is 0 Å². The highest BCUT2D eigenvalue weighted by Gasteiger charge is 2.24. The summed E-state index contributed by atoms with van der Waals surface area (Å²) in [5.74, 6) is 1.33. The molecule has 1 heterocycles. The van der Waals surface area contributed by atoms with E-state index in [4.69, 9.17) is 5.11 Å². The van der Waals surface area contributed by atoms with Crippen molar-refractivity contribution in [2.45, 2.75) is 52.0 Å². The Bertz CT molecular complexity index is 139. The lowest BCUT2D eigenvalue weighted by atomic mass is 9.84. The van der Waals surface area contributed by atoms with Gasteiger partial charge in [-0.3, -0.25) is 0 Å². The summed E-state index contributed by atoms with van der Waals surface area (Å²) in [5.41, 5.74) is 0. The molecule has 0 aromatic heterocycles. The average Bonchev–Trinajstić information content (AvgIpc) is 2.41. The number of hydrogen-bond acceptors (Lipinski definition) is 2. The highest BCUT2D eigenvalue weighted by Crippen LogP contribution is 2.24. The molecule has 0 aromatic rings. The van der Waals surface area contributed by atoms with Gasteiger partial charge in [0.05, 0.1) is 0 Å². The molecule has 1 saturated heterocycles. The zero-order valence-electron chi connectivity index (χ0n) is 9.63. The molecular weight excluding hydrogens is 174 g/mol. The number of rotatable bonds is 4. The number of nitrogens with one attached hydrogen (secondary N) is 1. The predicted octanol–water partition coefficient (Wildman–Crippen LogP) is 2.17. The maximum atomic E-state index is 9.06. The SMILES string of the molecule is CC(C)C(CCO)C1CCCCCN1. The van der Waals surface area contributed by atoms with Gasteiger partial charge in [0.2, 0.25) is 0 Å². The Balaban J connectivity index is 2.46. The first-order valence-corrected chi connectivity index (χ1v) is 6.10. The Labute approximate surface area is 88.1 Å². The van der Waals surface area contributed by atoms with E-state index in [-0.39, 0.29) is 0 Å². The third-order valence-corrected chi connectivity index (χ3v) is 3.43. The minimum Gasteiger partial charge on any atom is -0.396 e. The van der Waals surface area contributed by atoms with Crippen molar-refractivity contribution in [1.82, 2.24) is 5.32 Å². The summed E-state index contributed by atoms with van der Waals surface area (Å²) < 4.78 is 0. The zero-order valence-corrected chi connectivity index (χ0v) is 9.63. The first kappa shape index (κ1) is 12.0. The van der Waals surface area contributed by atoms with Crippen LogP contribution in [0.4, 0.5) is 0 Å². The van der Waals surface area contributed by atoms with Crippen LogP contribution in [0.15, 0.2) is 0 Å². The highest BCUT2D eigenvalue weighted by atomic mass is 16.3. The lowest BCUT2D eigenvalue weighted by Gasteiger charge is -2.29. The van der Waals surface area contributed by atoms with Crippen molar-refractivity contribution in [3.63, 3.8) is 0 Å². The molecule has 2 atom stereocenters. The fourth-order valence-electron chi connectivity index (χ4n) is 2.57. The molecule has 0 aliphatic carbocycles. The van der Waals surface area contributed by atoms with E-state index in [1.54, 1.807) is 0 Å². The summed E-state index contributed by atoms with van der Waals surface area (Å²) in [7, 11) is 0. The quantitative estimate of drug-likeness (QED) is 0.727. The predicted molar refractivity (Wildman–Crippen MR) is 60.3 cm³/mol. The molecule has 2 nitrogen and oxygen atoms in total. The minimum atomic E-state index is 0.334. The van der Waals surface area contributed by atoms with Gasteiger partial charge < -0.3 is 10.4 Å². The molecule has 1 fully saturated rings. The lowest BCUT2D eigenvalue weighted by molar-refractivity contribution is 0.191. The Morgan fingerprint density at radius 1 is 1.29 bits per heavy atom. The highest BCUT2D eigenvalue weighted by molar-refractivity contribution is 4.80. The molecule has 84 valence electrons. The Morgan fingerprint density at radius 3 is 2.71 bits per heavy atom. The zero-order chi connectivity index (χ0) is 10.4. The summed E-state index contributed by atoms with van der Waals surface area (Å²) >= 11 is 0. The van der Waals surface area contributed by atoms with Crippen LogP contribution >= 0.6 is 0 Å². The van der Waals surface area contributed by atoms with E-state index >= 15 is 0 Å². The van der Waals surface area contributed by atoms with Crippen molar-refractivity contribution in [2.24, 2.45) is 11.8 Å². The summed E-state index contributed by atoms with van der Waals surface area (Å²) in [6.07, 6.45) is 6.29. The average molecular weight is 199 g/mol. The second kappa shape index (κ2) is 6.41. The smallest absolute Gasteiger partial charge is 0.0434 e. The lowest BCUT2D eigenvalue weighted by Crippen LogP contribution is -2.38. The molecule has 0 aromatic carbocycles. The third kappa shape index (κ3) is 3.58. The van der Waals surface area contributed by atoms with Gasteiger partial charge in [-0.15, -0.1) is 0 Å². The van der Waals surface area contributed by atoms with Gasteiger partial charge in [-0.25, -0.2) is 0 Å². The largest absolute Gasteiger partial charge is 0.396 e. The summed E-state index contributed by atoms with van der Waals surface area (Å²) in [6.45, 7) is 6.04. The van der Waals surface area contributed by atoms with E-state index in [1.807, 2.05) is 0 Å². The van der Waals surface area contributed by atoms with E-state index in [9.17, 15) is 0 Å². The fourth-order valence-corrected chi connectivity index (χ4v) is 2.57. The molecule has 0 bridgehead atoms. The number of aliphatic hydroxyl groups is 1. The molecule has 2 N–H and O–H groups in total. The van der Waals surface area contributed by atoms with Crippen LogP contribution in [-0.4, -0.2) is 24.3 Å². The van der Waals surface area contributed by atoms with Crippen molar-refractivity contribution in [3.8, 4) is 0 Å². The van der Waals surface area contributed by atoms with Crippen LogP contribution < -0.4 is 5.32 Å². The molecule has 1 aliphatic rings. The van der Waals surface area contributed by atoms with Crippen molar-refractivity contribution < 1.29 is 5.11 Å². The first-order chi connectivity index (χ1) is 6.75. The van der Waals surface area contributed by atoms with Crippen LogP contribution in [0.3, 0.4) is 0 Å². The Hall–Kier alpha value is -0.0800. The van der Waals surface area contributed by atoms with Crippen molar-refractivity contribution >= 4 is 0 Å². The Kier molecular flexibility index (Phi) is 5.49. The van der Waals surface area contributed by atoms with Gasteiger partial charge in [-0.05, 0) is 37.6 Å². The minimum absolute atomic E-state index is 0.334. The summed E-state index contributed by atoms with van der Waals surface area (Å²) in [4.78, 5) is 0. The normalized spacial score (nSPS) is 26.1. The van der Waals surface area contributed by atoms with E-state index in [0.717, 1.165) is 6.42 Å². The third-order valence-electron chi connectivity index (χ3n) is 3.43. The van der Waals surface area contributed by atoms with Gasteiger partial charge in [0.1, 0.15) is 0 Å². The monoisotopic (exact) mass is 199 g/mol. The Morgan fingerprint density at radius 2 is 2.07 bits per heavy atom. The van der Waals surface area contributed by atoms with Crippen LogP contribution in [-0.2, 0) is 0 Å². The van der Waals surface area contributed by atoms with Crippen LogP contribution in [0.1, 0.15) is 46.0 Å². The molecule has 0 spiro atoms. The molecule has 1 rings (SSSR count). The molecule has 0 radical (unpaired) electrons. The van der Waals surface area contributed by atoms with E-state index in [0.29, 0.717) is 24.5 Å². The van der Waals surface area contributed by atoms with E-state index in [2.05, 4.69) is 19.2 Å². The second-order valence-corrected chi connectivity index (χ2v) is 4.83. The fraction of sp³-hybridized carbons (Fsp3) is 1.00. The van der Waals surface area contributed by atoms with Crippen LogP contribution in [0.2, 0.25) is 0 Å². The van der Waals surface area contributed by atoms with Gasteiger partial charge in [-0.1, -0.05) is 26.7 Å². The van der Waals surface area contributed by atoms with Crippen molar-refractivity contribution in [2.75, 3.05) is 13.2 Å². The topological polar surface area (TPSA) is 32.3 Å². The van der Waals surface area contributed by atoms with Crippen LogP contribution in [0.5, 0.6) is 0 Å². The molecule has 2 heteroatoms. The number of hydrogen-bond donors (Lipinski definition) is 2.